The second-order valence-electron chi connectivity index (χ2n) is 8.44. The third-order valence-electron chi connectivity index (χ3n) is 5.66. The van der Waals surface area contributed by atoms with Gasteiger partial charge in [-0.3, -0.25) is 14.4 Å². The molecule has 0 aliphatic rings. The van der Waals surface area contributed by atoms with Crippen molar-refractivity contribution in [2.75, 3.05) is 25.0 Å². The van der Waals surface area contributed by atoms with E-state index in [1.165, 1.54) is 0 Å². The fourth-order valence-electron chi connectivity index (χ4n) is 4.04. The highest BCUT2D eigenvalue weighted by Gasteiger charge is 2.22. The van der Waals surface area contributed by atoms with Crippen molar-refractivity contribution in [2.24, 2.45) is 0 Å². The van der Waals surface area contributed by atoms with Crippen molar-refractivity contribution < 1.29 is 19.1 Å². The van der Waals surface area contributed by atoms with Crippen molar-refractivity contribution in [1.82, 2.24) is 14.3 Å². The fourth-order valence-corrected chi connectivity index (χ4v) is 4.17. The Labute approximate surface area is 216 Å². The SMILES string of the molecule is CCCN(CCC)C(=O)Cc1c(-c2ccc(Cl)cc2)nc2c(NC(=O)CCC(=O)OCC)cccn12. The van der Waals surface area contributed by atoms with Gasteiger partial charge in [0.1, 0.15) is 0 Å². The molecular weight excluding hydrogens is 480 g/mol. The zero-order valence-electron chi connectivity index (χ0n) is 21.1. The molecule has 36 heavy (non-hydrogen) atoms. The number of carbonyl (C=O) groups excluding carboxylic acids is 3. The number of anilines is 1. The second-order valence-corrected chi connectivity index (χ2v) is 8.88. The van der Waals surface area contributed by atoms with Crippen molar-refractivity contribution >= 4 is 40.7 Å². The van der Waals surface area contributed by atoms with E-state index in [-0.39, 0.29) is 37.7 Å². The van der Waals surface area contributed by atoms with Gasteiger partial charge in [-0.05, 0) is 44.0 Å². The largest absolute Gasteiger partial charge is 0.466 e. The van der Waals surface area contributed by atoms with Crippen LogP contribution < -0.4 is 5.32 Å². The molecule has 2 heterocycles. The minimum absolute atomic E-state index is 0.00102. The average molecular weight is 513 g/mol. The van der Waals surface area contributed by atoms with Crippen LogP contribution in [0.1, 0.15) is 52.1 Å². The number of hydrogen-bond donors (Lipinski definition) is 1. The Kier molecular flexibility index (Phi) is 9.87. The normalized spacial score (nSPS) is 10.9. The summed E-state index contributed by atoms with van der Waals surface area (Å²) >= 11 is 6.10. The van der Waals surface area contributed by atoms with Gasteiger partial charge in [0, 0.05) is 36.3 Å². The van der Waals surface area contributed by atoms with E-state index in [0.717, 1.165) is 24.1 Å². The maximum atomic E-state index is 13.3. The third kappa shape index (κ3) is 6.85. The van der Waals surface area contributed by atoms with E-state index in [2.05, 4.69) is 19.2 Å². The third-order valence-corrected chi connectivity index (χ3v) is 5.91. The number of aromatic nitrogens is 2. The molecule has 3 aromatic rings. The fraction of sp³-hybridized carbons (Fsp3) is 0.407. The highest BCUT2D eigenvalue weighted by Crippen LogP contribution is 2.29. The number of pyridine rings is 1. The molecule has 0 radical (unpaired) electrons. The van der Waals surface area contributed by atoms with Crippen LogP contribution in [0.2, 0.25) is 5.02 Å². The summed E-state index contributed by atoms with van der Waals surface area (Å²) in [5.41, 5.74) is 3.23. The van der Waals surface area contributed by atoms with Gasteiger partial charge in [0.25, 0.3) is 0 Å². The van der Waals surface area contributed by atoms with Gasteiger partial charge in [-0.15, -0.1) is 0 Å². The number of hydrogen-bond acceptors (Lipinski definition) is 5. The molecule has 0 saturated carbocycles. The summed E-state index contributed by atoms with van der Waals surface area (Å²) in [7, 11) is 0. The molecule has 2 amide bonds. The summed E-state index contributed by atoms with van der Waals surface area (Å²) < 4.78 is 6.75. The molecule has 0 atom stereocenters. The van der Waals surface area contributed by atoms with Gasteiger partial charge in [0.2, 0.25) is 11.8 Å². The Bertz CT molecular complexity index is 1200. The molecule has 0 unspecified atom stereocenters. The number of imidazole rings is 1. The molecule has 0 aliphatic heterocycles. The van der Waals surface area contributed by atoms with Crippen LogP contribution in [0.3, 0.4) is 0 Å². The summed E-state index contributed by atoms with van der Waals surface area (Å²) in [5, 5.41) is 3.46. The number of halogens is 1. The molecule has 192 valence electrons. The molecule has 2 aromatic heterocycles. The van der Waals surface area contributed by atoms with Crippen molar-refractivity contribution in [2.45, 2.75) is 52.9 Å². The Morgan fingerprint density at radius 3 is 2.36 bits per heavy atom. The molecule has 0 aliphatic carbocycles. The predicted octanol–water partition coefficient (Wildman–Crippen LogP) is 5.13. The van der Waals surface area contributed by atoms with Crippen LogP contribution in [-0.4, -0.2) is 51.8 Å². The first kappa shape index (κ1) is 27.2. The standard InChI is InChI=1S/C27H33ClN4O4/c1-4-15-31(16-5-2)24(34)18-22-26(19-9-11-20(28)12-10-19)30-27-21(8-7-17-32(22)27)29-23(33)13-14-25(35)36-6-3/h7-12,17H,4-6,13-16,18H2,1-3H3,(H,29,33). The van der Waals surface area contributed by atoms with Crippen LogP contribution in [0, 0.1) is 0 Å². The van der Waals surface area contributed by atoms with Gasteiger partial charge in [0.15, 0.2) is 5.65 Å². The van der Waals surface area contributed by atoms with Crippen molar-refractivity contribution in [3.05, 3.63) is 53.3 Å². The highest BCUT2D eigenvalue weighted by molar-refractivity contribution is 6.30. The van der Waals surface area contributed by atoms with Gasteiger partial charge < -0.3 is 19.4 Å². The summed E-state index contributed by atoms with van der Waals surface area (Å²) in [6.07, 6.45) is 3.76. The number of benzene rings is 1. The van der Waals surface area contributed by atoms with E-state index in [9.17, 15) is 14.4 Å². The Hall–Kier alpha value is -3.39. The minimum Gasteiger partial charge on any atom is -0.466 e. The first-order valence-electron chi connectivity index (χ1n) is 12.4. The lowest BCUT2D eigenvalue weighted by Gasteiger charge is -2.21. The summed E-state index contributed by atoms with van der Waals surface area (Å²) in [5.74, 6) is -0.706. The summed E-state index contributed by atoms with van der Waals surface area (Å²) in [6.45, 7) is 7.50. The van der Waals surface area contributed by atoms with Crippen molar-refractivity contribution in [1.29, 1.82) is 0 Å². The zero-order valence-corrected chi connectivity index (χ0v) is 21.8. The van der Waals surface area contributed by atoms with Crippen LogP contribution in [-0.2, 0) is 25.5 Å². The monoisotopic (exact) mass is 512 g/mol. The molecular formula is C27H33ClN4O4. The van der Waals surface area contributed by atoms with E-state index < -0.39 is 5.97 Å². The van der Waals surface area contributed by atoms with E-state index >= 15 is 0 Å². The van der Waals surface area contributed by atoms with Crippen molar-refractivity contribution in [3.8, 4) is 11.3 Å². The quantitative estimate of drug-likeness (QED) is 0.340. The van der Waals surface area contributed by atoms with E-state index in [4.69, 9.17) is 21.3 Å². The van der Waals surface area contributed by atoms with Gasteiger partial charge in [-0.25, -0.2) is 4.98 Å². The van der Waals surface area contributed by atoms with Crippen LogP contribution >= 0.6 is 11.6 Å². The number of rotatable bonds is 12. The lowest BCUT2D eigenvalue weighted by Crippen LogP contribution is -2.34. The maximum Gasteiger partial charge on any atom is 0.306 e. The molecule has 9 heteroatoms. The maximum absolute atomic E-state index is 13.3. The number of fused-ring (bicyclic) bond motifs is 1. The van der Waals surface area contributed by atoms with E-state index in [1.54, 1.807) is 31.2 Å². The van der Waals surface area contributed by atoms with E-state index in [0.29, 0.717) is 35.1 Å². The van der Waals surface area contributed by atoms with Gasteiger partial charge in [-0.1, -0.05) is 37.6 Å². The lowest BCUT2D eigenvalue weighted by molar-refractivity contribution is -0.144. The summed E-state index contributed by atoms with van der Waals surface area (Å²) in [6, 6.07) is 10.8. The summed E-state index contributed by atoms with van der Waals surface area (Å²) in [4.78, 5) is 44.2. The predicted molar refractivity (Wildman–Crippen MR) is 141 cm³/mol. The molecule has 0 bridgehead atoms. The molecule has 0 fully saturated rings. The minimum atomic E-state index is -0.416. The van der Waals surface area contributed by atoms with Crippen molar-refractivity contribution in [3.63, 3.8) is 0 Å². The first-order valence-corrected chi connectivity index (χ1v) is 12.7. The Morgan fingerprint density at radius 1 is 1.03 bits per heavy atom. The highest BCUT2D eigenvalue weighted by atomic mass is 35.5. The van der Waals surface area contributed by atoms with Crippen LogP contribution in [0.15, 0.2) is 42.6 Å². The van der Waals surface area contributed by atoms with Gasteiger partial charge >= 0.3 is 5.97 Å². The van der Waals surface area contributed by atoms with Gasteiger partial charge in [-0.2, -0.15) is 0 Å². The number of ether oxygens (including phenoxy) is 1. The molecule has 8 nitrogen and oxygen atoms in total. The van der Waals surface area contributed by atoms with Crippen LogP contribution in [0.4, 0.5) is 5.69 Å². The smallest absolute Gasteiger partial charge is 0.306 e. The molecule has 0 saturated heterocycles. The van der Waals surface area contributed by atoms with Crippen LogP contribution in [0.5, 0.6) is 0 Å². The Morgan fingerprint density at radius 2 is 1.72 bits per heavy atom. The number of esters is 1. The molecule has 1 aromatic carbocycles. The topological polar surface area (TPSA) is 93.0 Å². The molecule has 0 spiro atoms. The lowest BCUT2D eigenvalue weighted by atomic mass is 10.1. The molecule has 3 rings (SSSR count). The molecule has 1 N–H and O–H groups in total. The number of nitrogens with zero attached hydrogens (tertiary/aromatic N) is 3. The Balaban J connectivity index is 1.98. The first-order chi connectivity index (χ1) is 17.4. The number of nitrogens with one attached hydrogen (secondary N) is 1. The zero-order chi connectivity index (χ0) is 26.1. The number of amides is 2. The number of carbonyl (C=O) groups is 3. The van der Waals surface area contributed by atoms with Gasteiger partial charge in [0.05, 0.1) is 36.5 Å². The van der Waals surface area contributed by atoms with E-state index in [1.807, 2.05) is 27.6 Å². The van der Waals surface area contributed by atoms with Crippen LogP contribution in [0.25, 0.3) is 16.9 Å². The second kappa shape index (κ2) is 13.1. The average Bonchev–Trinajstić information content (AvgIpc) is 3.22.